The van der Waals surface area contributed by atoms with Gasteiger partial charge in [-0.3, -0.25) is 4.57 Å². The van der Waals surface area contributed by atoms with Gasteiger partial charge in [-0.25, -0.2) is 4.79 Å². The van der Waals surface area contributed by atoms with E-state index >= 15 is 0 Å². The molecule has 0 atom stereocenters. The molecule has 0 aliphatic rings. The zero-order valence-electron chi connectivity index (χ0n) is 18.9. The minimum atomic E-state index is -1.13. The monoisotopic (exact) mass is 464 g/mol. The van der Waals surface area contributed by atoms with Gasteiger partial charge in [0.2, 0.25) is 5.88 Å². The molecule has 4 rings (SSSR count). The van der Waals surface area contributed by atoms with Crippen molar-refractivity contribution in [2.45, 2.75) is 39.9 Å². The fourth-order valence-electron chi connectivity index (χ4n) is 3.69. The van der Waals surface area contributed by atoms with Gasteiger partial charge >= 0.3 is 5.97 Å². The zero-order chi connectivity index (χ0) is 23.7. The highest BCUT2D eigenvalue weighted by atomic mass is 35.5. The molecule has 2 heterocycles. The summed E-state index contributed by atoms with van der Waals surface area (Å²) in [7, 11) is 0. The first-order chi connectivity index (χ1) is 15.7. The van der Waals surface area contributed by atoms with Gasteiger partial charge in [-0.1, -0.05) is 35.9 Å². The average molecular weight is 465 g/mol. The first-order valence-electron chi connectivity index (χ1n) is 10.7. The van der Waals surface area contributed by atoms with Crippen LogP contribution in [-0.4, -0.2) is 32.8 Å². The molecule has 0 saturated carbocycles. The van der Waals surface area contributed by atoms with Gasteiger partial charge in [-0.2, -0.15) is 4.98 Å². The lowest BCUT2D eigenvalue weighted by molar-refractivity contribution is 0.0688. The molecule has 6 nitrogen and oxygen atoms in total. The lowest BCUT2D eigenvalue weighted by atomic mass is 10.0. The van der Waals surface area contributed by atoms with Crippen LogP contribution in [0.5, 0.6) is 11.6 Å². The normalized spacial score (nSPS) is 11.4. The third-order valence-corrected chi connectivity index (χ3v) is 5.34. The van der Waals surface area contributed by atoms with E-state index < -0.39 is 5.97 Å². The predicted molar refractivity (Wildman–Crippen MR) is 130 cm³/mol. The number of aromatic carboxylic acids is 1. The molecular formula is C26H25ClN2O4. The Hall–Kier alpha value is -3.51. The summed E-state index contributed by atoms with van der Waals surface area (Å²) in [5, 5.41) is 10.7. The SMILES string of the molecule is CC(C)Oc1ccc(-c2ccc3c(c2)c(Cl)c(C(=O)O)n3-c2cccc(OC(C)C)n2)cc1. The van der Waals surface area contributed by atoms with Crippen LogP contribution < -0.4 is 9.47 Å². The summed E-state index contributed by atoms with van der Waals surface area (Å²) in [6.07, 6.45) is 0.0369. The lowest BCUT2D eigenvalue weighted by Gasteiger charge is -2.12. The summed E-state index contributed by atoms with van der Waals surface area (Å²) < 4.78 is 13.0. The number of hydrogen-bond acceptors (Lipinski definition) is 4. The predicted octanol–water partition coefficient (Wildman–Crippen LogP) is 6.62. The van der Waals surface area contributed by atoms with Crippen molar-refractivity contribution in [3.05, 3.63) is 71.4 Å². The Labute approximate surface area is 197 Å². The molecule has 0 unspecified atom stereocenters. The van der Waals surface area contributed by atoms with Gasteiger partial charge in [0.05, 0.1) is 22.7 Å². The van der Waals surface area contributed by atoms with Crippen molar-refractivity contribution in [1.82, 2.24) is 9.55 Å². The average Bonchev–Trinajstić information content (AvgIpc) is 3.06. The van der Waals surface area contributed by atoms with Gasteiger partial charge in [0.25, 0.3) is 0 Å². The molecule has 0 saturated heterocycles. The number of aromatic nitrogens is 2. The molecule has 2 aromatic heterocycles. The van der Waals surface area contributed by atoms with Gasteiger partial charge in [-0.15, -0.1) is 0 Å². The first kappa shape index (κ1) is 22.7. The molecule has 0 fully saturated rings. The molecule has 170 valence electrons. The van der Waals surface area contributed by atoms with Crippen LogP contribution in [0.25, 0.3) is 27.8 Å². The number of carbonyl (C=O) groups is 1. The Morgan fingerprint density at radius 3 is 2.24 bits per heavy atom. The molecule has 0 spiro atoms. The summed E-state index contributed by atoms with van der Waals surface area (Å²) in [5.74, 6) is 0.495. The number of ether oxygens (including phenoxy) is 2. The highest BCUT2D eigenvalue weighted by Gasteiger charge is 2.23. The van der Waals surface area contributed by atoms with E-state index in [0.29, 0.717) is 22.6 Å². The minimum Gasteiger partial charge on any atom is -0.491 e. The molecule has 0 bridgehead atoms. The fraction of sp³-hybridized carbons (Fsp3) is 0.231. The number of benzene rings is 2. The fourth-order valence-corrected chi connectivity index (χ4v) is 4.01. The van der Waals surface area contributed by atoms with Crippen molar-refractivity contribution >= 4 is 28.5 Å². The molecule has 4 aromatic rings. The van der Waals surface area contributed by atoms with E-state index in [0.717, 1.165) is 16.9 Å². The second kappa shape index (κ2) is 9.16. The Bertz CT molecular complexity index is 1310. The molecule has 1 N–H and O–H groups in total. The minimum absolute atomic E-state index is 0.0429. The number of nitrogens with zero attached hydrogens (tertiary/aromatic N) is 2. The highest BCUT2D eigenvalue weighted by Crippen LogP contribution is 2.36. The summed E-state index contributed by atoms with van der Waals surface area (Å²) in [5.41, 5.74) is 2.49. The van der Waals surface area contributed by atoms with Gasteiger partial charge < -0.3 is 14.6 Å². The molecule has 0 radical (unpaired) electrons. The first-order valence-corrected chi connectivity index (χ1v) is 11.1. The number of rotatable bonds is 7. The molecule has 2 aromatic carbocycles. The maximum absolute atomic E-state index is 12.2. The highest BCUT2D eigenvalue weighted by molar-refractivity contribution is 6.38. The van der Waals surface area contributed by atoms with Gasteiger partial charge in [-0.05, 0) is 69.2 Å². The van der Waals surface area contributed by atoms with Crippen molar-refractivity contribution < 1.29 is 19.4 Å². The Morgan fingerprint density at radius 2 is 1.61 bits per heavy atom. The number of carboxylic acid groups (broad SMARTS) is 1. The summed E-state index contributed by atoms with van der Waals surface area (Å²) in [6, 6.07) is 18.7. The number of carboxylic acids is 1. The van der Waals surface area contributed by atoms with Crippen LogP contribution >= 0.6 is 11.6 Å². The van der Waals surface area contributed by atoms with E-state index in [1.807, 2.05) is 70.2 Å². The molecule has 0 aliphatic heterocycles. The van der Waals surface area contributed by atoms with E-state index in [9.17, 15) is 9.90 Å². The van der Waals surface area contributed by atoms with Crippen molar-refractivity contribution in [1.29, 1.82) is 0 Å². The third kappa shape index (κ3) is 4.66. The lowest BCUT2D eigenvalue weighted by Crippen LogP contribution is -2.11. The van der Waals surface area contributed by atoms with E-state index in [2.05, 4.69) is 4.98 Å². The van der Waals surface area contributed by atoms with Crippen LogP contribution in [0, 0.1) is 0 Å². The van der Waals surface area contributed by atoms with Crippen LogP contribution in [-0.2, 0) is 0 Å². The van der Waals surface area contributed by atoms with E-state index in [1.165, 1.54) is 0 Å². The smallest absolute Gasteiger partial charge is 0.354 e. The maximum Gasteiger partial charge on any atom is 0.354 e. The van der Waals surface area contributed by atoms with Gasteiger partial charge in [0.1, 0.15) is 11.6 Å². The second-order valence-corrected chi connectivity index (χ2v) is 8.60. The summed E-state index contributed by atoms with van der Waals surface area (Å²) >= 11 is 6.59. The van der Waals surface area contributed by atoms with Crippen LogP contribution in [0.4, 0.5) is 0 Å². The van der Waals surface area contributed by atoms with Crippen LogP contribution in [0.1, 0.15) is 38.2 Å². The van der Waals surface area contributed by atoms with E-state index in [4.69, 9.17) is 21.1 Å². The van der Waals surface area contributed by atoms with Crippen molar-refractivity contribution in [2.24, 2.45) is 0 Å². The molecule has 0 aliphatic carbocycles. The molecular weight excluding hydrogens is 440 g/mol. The largest absolute Gasteiger partial charge is 0.491 e. The van der Waals surface area contributed by atoms with E-state index in [-0.39, 0.29) is 22.9 Å². The van der Waals surface area contributed by atoms with Gasteiger partial charge in [0.15, 0.2) is 5.69 Å². The number of fused-ring (bicyclic) bond motifs is 1. The Morgan fingerprint density at radius 1 is 0.939 bits per heavy atom. The van der Waals surface area contributed by atoms with Crippen LogP contribution in [0.3, 0.4) is 0 Å². The molecule has 7 heteroatoms. The van der Waals surface area contributed by atoms with Crippen LogP contribution in [0.15, 0.2) is 60.7 Å². The van der Waals surface area contributed by atoms with E-state index in [1.54, 1.807) is 22.8 Å². The second-order valence-electron chi connectivity index (χ2n) is 8.23. The van der Waals surface area contributed by atoms with Gasteiger partial charge in [0, 0.05) is 11.5 Å². The standard InChI is InChI=1S/C26H25ClN2O4/c1-15(2)32-19-11-8-17(9-12-19)18-10-13-21-20(14-18)24(27)25(26(30)31)29(21)22-6-5-7-23(28-22)33-16(3)4/h5-16H,1-4H3,(H,30,31). The maximum atomic E-state index is 12.2. The summed E-state index contributed by atoms with van der Waals surface area (Å²) in [4.78, 5) is 16.7. The number of halogens is 1. The third-order valence-electron chi connectivity index (χ3n) is 4.96. The van der Waals surface area contributed by atoms with Crippen molar-refractivity contribution in [3.8, 4) is 28.6 Å². The van der Waals surface area contributed by atoms with Crippen molar-refractivity contribution in [2.75, 3.05) is 0 Å². The Kier molecular flexibility index (Phi) is 6.29. The molecule has 33 heavy (non-hydrogen) atoms. The summed E-state index contributed by atoms with van der Waals surface area (Å²) in [6.45, 7) is 7.77. The molecule has 0 amide bonds. The quantitative estimate of drug-likeness (QED) is 0.332. The topological polar surface area (TPSA) is 73.6 Å². The Balaban J connectivity index is 1.83. The zero-order valence-corrected chi connectivity index (χ0v) is 19.6. The number of pyridine rings is 1. The number of hydrogen-bond donors (Lipinski definition) is 1. The van der Waals surface area contributed by atoms with Crippen molar-refractivity contribution in [3.63, 3.8) is 0 Å². The van der Waals surface area contributed by atoms with Crippen LogP contribution in [0.2, 0.25) is 5.02 Å².